The van der Waals surface area contributed by atoms with Gasteiger partial charge in [-0.2, -0.15) is 0 Å². The number of esters is 2. The molecule has 0 aliphatic rings. The van der Waals surface area contributed by atoms with Crippen molar-refractivity contribution in [2.75, 3.05) is 26.4 Å². The molecule has 0 aliphatic heterocycles. The summed E-state index contributed by atoms with van der Waals surface area (Å²) in [6.45, 7) is 3.62. The van der Waals surface area contributed by atoms with Crippen LogP contribution in [-0.4, -0.2) is 49.3 Å². The molecule has 0 saturated carbocycles. The molecule has 2 unspecified atom stereocenters. The molecule has 464 valence electrons. The summed E-state index contributed by atoms with van der Waals surface area (Å²) in [5.41, 5.74) is 5.39. The third-order valence-electron chi connectivity index (χ3n) is 13.8. The molecule has 0 bridgehead atoms. The zero-order valence-electron chi connectivity index (χ0n) is 52.0. The molecule has 0 fully saturated rings. The van der Waals surface area contributed by atoms with E-state index < -0.39 is 26.5 Å². The van der Waals surface area contributed by atoms with Gasteiger partial charge in [0.25, 0.3) is 0 Å². The molecule has 0 spiro atoms. The van der Waals surface area contributed by atoms with E-state index in [2.05, 4.69) is 135 Å². The quantitative estimate of drug-likeness (QED) is 0.0264. The number of allylic oxidation sites excluding steroid dienone is 20. The van der Waals surface area contributed by atoms with Gasteiger partial charge >= 0.3 is 19.8 Å². The van der Waals surface area contributed by atoms with Gasteiger partial charge in [0.15, 0.2) is 6.10 Å². The van der Waals surface area contributed by atoms with Crippen molar-refractivity contribution in [1.29, 1.82) is 0 Å². The van der Waals surface area contributed by atoms with Crippen LogP contribution in [0.3, 0.4) is 0 Å². The topological polar surface area (TPSA) is 134 Å². The Balaban J connectivity index is 3.93. The Labute approximate surface area is 498 Å². The van der Waals surface area contributed by atoms with E-state index >= 15 is 0 Å². The van der Waals surface area contributed by atoms with Crippen molar-refractivity contribution < 1.29 is 37.6 Å². The molecule has 10 heteroatoms. The normalized spacial score (nSPS) is 13.8. The Bertz CT molecular complexity index is 1740. The van der Waals surface area contributed by atoms with Gasteiger partial charge in [-0.05, 0) is 109 Å². The number of ether oxygens (including phenoxy) is 2. The second-order valence-corrected chi connectivity index (χ2v) is 23.1. The second-order valence-electron chi connectivity index (χ2n) is 21.6. The summed E-state index contributed by atoms with van der Waals surface area (Å²) >= 11 is 0. The minimum absolute atomic E-state index is 0.0480. The summed E-state index contributed by atoms with van der Waals surface area (Å²) in [5.74, 6) is -0.835. The van der Waals surface area contributed by atoms with Crippen molar-refractivity contribution in [2.24, 2.45) is 5.73 Å². The summed E-state index contributed by atoms with van der Waals surface area (Å²) in [6.07, 6.45) is 91.3. The highest BCUT2D eigenvalue weighted by Crippen LogP contribution is 2.43. The van der Waals surface area contributed by atoms with Gasteiger partial charge in [0.05, 0.1) is 13.2 Å². The minimum atomic E-state index is -4.40. The first-order valence-corrected chi connectivity index (χ1v) is 34.5. The molecule has 0 heterocycles. The smallest absolute Gasteiger partial charge is 0.462 e. The predicted octanol–water partition coefficient (Wildman–Crippen LogP) is 21.5. The average Bonchev–Trinajstić information content (AvgIpc) is 3.46. The zero-order chi connectivity index (χ0) is 58.7. The Morgan fingerprint density at radius 3 is 1.01 bits per heavy atom. The fraction of sp³-hybridized carbons (Fsp3) is 0.690. The number of carbonyl (C=O) groups excluding carboxylic acids is 2. The molecular formula is C71H122NO8P. The lowest BCUT2D eigenvalue weighted by atomic mass is 10.0. The van der Waals surface area contributed by atoms with E-state index in [-0.39, 0.29) is 38.6 Å². The largest absolute Gasteiger partial charge is 0.472 e. The number of hydrogen-bond donors (Lipinski definition) is 2. The van der Waals surface area contributed by atoms with Crippen LogP contribution < -0.4 is 5.73 Å². The molecule has 0 amide bonds. The van der Waals surface area contributed by atoms with Crippen LogP contribution in [0.2, 0.25) is 0 Å². The minimum Gasteiger partial charge on any atom is -0.462 e. The predicted molar refractivity (Wildman–Crippen MR) is 348 cm³/mol. The number of phosphoric acid groups is 1. The summed E-state index contributed by atoms with van der Waals surface area (Å²) in [4.78, 5) is 35.3. The lowest BCUT2D eigenvalue weighted by Gasteiger charge is -2.19. The molecule has 0 aliphatic carbocycles. The van der Waals surface area contributed by atoms with E-state index in [1.54, 1.807) is 0 Å². The van der Waals surface area contributed by atoms with Crippen LogP contribution in [0, 0.1) is 0 Å². The van der Waals surface area contributed by atoms with Crippen LogP contribution in [0.1, 0.15) is 284 Å². The third kappa shape index (κ3) is 65.4. The lowest BCUT2D eigenvalue weighted by molar-refractivity contribution is -0.161. The molecule has 9 nitrogen and oxygen atoms in total. The highest BCUT2D eigenvalue weighted by molar-refractivity contribution is 7.47. The van der Waals surface area contributed by atoms with Crippen LogP contribution in [-0.2, 0) is 32.7 Å². The highest BCUT2D eigenvalue weighted by atomic mass is 31.2. The first kappa shape index (κ1) is 77.4. The Morgan fingerprint density at radius 1 is 0.383 bits per heavy atom. The molecule has 0 aromatic heterocycles. The Morgan fingerprint density at radius 2 is 0.679 bits per heavy atom. The van der Waals surface area contributed by atoms with Gasteiger partial charge in [0, 0.05) is 19.4 Å². The van der Waals surface area contributed by atoms with Crippen LogP contribution >= 0.6 is 7.82 Å². The first-order chi connectivity index (χ1) is 39.8. The average molecular weight is 1150 g/mol. The Kier molecular flexibility index (Phi) is 62.7. The van der Waals surface area contributed by atoms with Crippen LogP contribution in [0.5, 0.6) is 0 Å². The molecule has 0 rings (SSSR count). The van der Waals surface area contributed by atoms with E-state index in [1.807, 2.05) is 0 Å². The first-order valence-electron chi connectivity index (χ1n) is 33.0. The van der Waals surface area contributed by atoms with Crippen molar-refractivity contribution >= 4 is 19.8 Å². The standard InChI is InChI=1S/C71H122NO8P/c1-3-5-7-9-11-13-15-17-19-21-23-25-27-28-29-30-31-32-33-34-35-36-37-38-39-40-42-44-46-48-50-52-54-56-58-60-62-64-71(74)80-69(68-79-81(75,76)78-66-65-72)67-77-70(73)63-61-59-57-55-53-51-49-47-45-43-41-26-24-22-20-18-16-14-12-10-8-6-4-2/h5,7,11,13,16-19,22-25,28-29,31-32,34-35,41,43,69H,3-4,6,8-10,12,14-15,20-21,26-27,30,33,36-40,42,44-68,72H2,1-2H3,(H,75,76)/b7-5-,13-11-,18-16-,19-17-,24-22-,25-23-,29-28-,32-31-,35-34-,43-41-. The maximum absolute atomic E-state index is 12.8. The second kappa shape index (κ2) is 65.6. The van der Waals surface area contributed by atoms with E-state index in [0.29, 0.717) is 6.42 Å². The Hall–Kier alpha value is -3.59. The van der Waals surface area contributed by atoms with Gasteiger partial charge in [-0.3, -0.25) is 18.6 Å². The van der Waals surface area contributed by atoms with Gasteiger partial charge < -0.3 is 20.1 Å². The number of nitrogens with two attached hydrogens (primary N) is 1. The lowest BCUT2D eigenvalue weighted by Crippen LogP contribution is -2.29. The SMILES string of the molecule is CC/C=C\C/C=C\C/C=C\C/C=C\C/C=C\C/C=C\C/C=C\CCCCCCCCCCCCCCCCCC(=O)OC(COC(=O)CCCCCCCCCC/C=C\C/C=C\C/C=C\CCCCCCC)COP(=O)(O)OCCN. The number of carbonyl (C=O) groups is 2. The maximum atomic E-state index is 12.8. The maximum Gasteiger partial charge on any atom is 0.472 e. The van der Waals surface area contributed by atoms with Crippen molar-refractivity contribution in [3.8, 4) is 0 Å². The zero-order valence-corrected chi connectivity index (χ0v) is 52.9. The van der Waals surface area contributed by atoms with Crippen LogP contribution in [0.15, 0.2) is 122 Å². The fourth-order valence-corrected chi connectivity index (χ4v) is 9.74. The van der Waals surface area contributed by atoms with E-state index in [0.717, 1.165) is 109 Å². The number of hydrogen-bond acceptors (Lipinski definition) is 8. The van der Waals surface area contributed by atoms with Gasteiger partial charge in [-0.1, -0.05) is 283 Å². The molecule has 0 saturated heterocycles. The number of phosphoric ester groups is 1. The summed E-state index contributed by atoms with van der Waals surface area (Å²) < 4.78 is 33.1. The van der Waals surface area contributed by atoms with E-state index in [4.69, 9.17) is 24.3 Å². The van der Waals surface area contributed by atoms with Crippen LogP contribution in [0.4, 0.5) is 0 Å². The molecule has 3 N–H and O–H groups in total. The molecule has 0 aromatic rings. The van der Waals surface area contributed by atoms with Crippen molar-refractivity contribution in [1.82, 2.24) is 0 Å². The summed E-state index contributed by atoms with van der Waals surface area (Å²) in [7, 11) is -4.40. The van der Waals surface area contributed by atoms with Crippen molar-refractivity contribution in [3.05, 3.63) is 122 Å². The third-order valence-corrected chi connectivity index (χ3v) is 14.8. The molecule has 81 heavy (non-hydrogen) atoms. The van der Waals surface area contributed by atoms with Crippen molar-refractivity contribution in [2.45, 2.75) is 290 Å². The van der Waals surface area contributed by atoms with E-state index in [1.165, 1.54) is 141 Å². The van der Waals surface area contributed by atoms with Gasteiger partial charge in [0.1, 0.15) is 6.61 Å². The summed E-state index contributed by atoms with van der Waals surface area (Å²) in [5, 5.41) is 0. The summed E-state index contributed by atoms with van der Waals surface area (Å²) in [6, 6.07) is 0. The van der Waals surface area contributed by atoms with Gasteiger partial charge in [-0.25, -0.2) is 4.57 Å². The fourth-order valence-electron chi connectivity index (χ4n) is 8.98. The van der Waals surface area contributed by atoms with Gasteiger partial charge in [-0.15, -0.1) is 0 Å². The number of unbranched alkanes of at least 4 members (excludes halogenated alkanes) is 28. The monoisotopic (exact) mass is 1150 g/mol. The highest BCUT2D eigenvalue weighted by Gasteiger charge is 2.26. The molecular weight excluding hydrogens is 1030 g/mol. The van der Waals surface area contributed by atoms with Crippen molar-refractivity contribution in [3.63, 3.8) is 0 Å². The van der Waals surface area contributed by atoms with E-state index in [9.17, 15) is 19.0 Å². The van der Waals surface area contributed by atoms with Crippen LogP contribution in [0.25, 0.3) is 0 Å². The molecule has 0 radical (unpaired) electrons. The number of rotatable bonds is 61. The molecule has 0 aromatic carbocycles. The molecule has 2 atom stereocenters. The van der Waals surface area contributed by atoms with Gasteiger partial charge in [0.2, 0.25) is 0 Å².